The Labute approximate surface area is 143 Å². The highest BCUT2D eigenvalue weighted by Gasteiger charge is 2.24. The molecule has 0 fully saturated rings. The van der Waals surface area contributed by atoms with Crippen molar-refractivity contribution in [1.29, 1.82) is 5.26 Å². The summed E-state index contributed by atoms with van der Waals surface area (Å²) in [5, 5.41) is 19.6. The van der Waals surface area contributed by atoms with E-state index in [1.165, 1.54) is 4.40 Å². The van der Waals surface area contributed by atoms with Crippen molar-refractivity contribution in [1.82, 2.24) is 4.40 Å². The van der Waals surface area contributed by atoms with Gasteiger partial charge in [-0.25, -0.2) is 4.79 Å². The number of aromatic nitrogens is 2. The molecule has 3 aromatic rings. The fraction of sp³-hybridized carbons (Fsp3) is 0.167. The lowest BCUT2D eigenvalue weighted by Crippen LogP contribution is -2.40. The summed E-state index contributed by atoms with van der Waals surface area (Å²) in [4.78, 5) is 13.9. The van der Waals surface area contributed by atoms with E-state index in [0.717, 1.165) is 4.90 Å². The Bertz CT molecular complexity index is 1010. The van der Waals surface area contributed by atoms with Crippen molar-refractivity contribution in [2.45, 2.75) is 17.9 Å². The van der Waals surface area contributed by atoms with Gasteiger partial charge in [0.25, 0.3) is 11.5 Å². The summed E-state index contributed by atoms with van der Waals surface area (Å²) < 4.78 is 3.10. The number of nitriles is 1. The van der Waals surface area contributed by atoms with Crippen LogP contribution in [0.2, 0.25) is 0 Å². The Morgan fingerprint density at radius 1 is 1.29 bits per heavy atom. The van der Waals surface area contributed by atoms with E-state index >= 15 is 0 Å². The first-order valence-electron chi connectivity index (χ1n) is 7.45. The zero-order valence-electron chi connectivity index (χ0n) is 13.1. The number of aromatic hydroxyl groups is 1. The second-order valence-electron chi connectivity index (χ2n) is 5.22. The standard InChI is InChI=1S/C18H15N3O2S/c1-24-14-7-4-6-13(12-14)16-17(22)20-10-3-2-8-15(20)21(18(16)23)11-5-9-19/h2-4,6-8,10,12H,5,11H2,1H3/p+1. The van der Waals surface area contributed by atoms with Crippen LogP contribution in [-0.2, 0) is 6.54 Å². The average molecular weight is 338 g/mol. The van der Waals surface area contributed by atoms with Crippen LogP contribution in [0.3, 0.4) is 0 Å². The number of hydrogen-bond donors (Lipinski definition) is 1. The molecule has 0 atom stereocenters. The van der Waals surface area contributed by atoms with E-state index in [0.29, 0.717) is 17.8 Å². The molecule has 2 heterocycles. The number of aryl methyl sites for hydroxylation is 1. The molecule has 0 aliphatic rings. The van der Waals surface area contributed by atoms with Gasteiger partial charge < -0.3 is 5.11 Å². The van der Waals surface area contributed by atoms with Gasteiger partial charge in [0.2, 0.25) is 0 Å². The summed E-state index contributed by atoms with van der Waals surface area (Å²) in [5.74, 6) is -0.111. The minimum Gasteiger partial charge on any atom is -0.477 e. The summed E-state index contributed by atoms with van der Waals surface area (Å²) in [6.45, 7) is 0.311. The van der Waals surface area contributed by atoms with E-state index in [9.17, 15) is 9.90 Å². The van der Waals surface area contributed by atoms with E-state index in [1.807, 2.05) is 24.5 Å². The van der Waals surface area contributed by atoms with Gasteiger partial charge >= 0.3 is 5.56 Å². The summed E-state index contributed by atoms with van der Waals surface area (Å²) in [7, 11) is 0. The van der Waals surface area contributed by atoms with Gasteiger partial charge in [-0.05, 0) is 30.0 Å². The predicted octanol–water partition coefficient (Wildman–Crippen LogP) is 2.60. The Balaban J connectivity index is 2.35. The molecule has 0 unspecified atom stereocenters. The molecule has 0 saturated carbocycles. The van der Waals surface area contributed by atoms with Crippen LogP contribution >= 0.6 is 11.8 Å². The van der Waals surface area contributed by atoms with Gasteiger partial charge in [-0.2, -0.15) is 14.2 Å². The molecule has 120 valence electrons. The molecule has 0 amide bonds. The minimum atomic E-state index is -0.283. The third kappa shape index (κ3) is 2.74. The van der Waals surface area contributed by atoms with Gasteiger partial charge in [0, 0.05) is 11.0 Å². The van der Waals surface area contributed by atoms with Crippen LogP contribution in [-0.4, -0.2) is 15.8 Å². The van der Waals surface area contributed by atoms with E-state index in [4.69, 9.17) is 5.26 Å². The largest absolute Gasteiger partial charge is 0.477 e. The second kappa shape index (κ2) is 6.77. The number of fused-ring (bicyclic) bond motifs is 1. The lowest BCUT2D eigenvalue weighted by atomic mass is 10.1. The van der Waals surface area contributed by atoms with Gasteiger partial charge in [-0.15, -0.1) is 11.8 Å². The molecule has 0 saturated heterocycles. The minimum absolute atomic E-state index is 0.111. The van der Waals surface area contributed by atoms with Crippen molar-refractivity contribution in [2.75, 3.05) is 6.26 Å². The van der Waals surface area contributed by atoms with Crippen molar-refractivity contribution in [3.05, 3.63) is 59.0 Å². The van der Waals surface area contributed by atoms with Crippen LogP contribution in [0.15, 0.2) is 58.4 Å². The monoisotopic (exact) mass is 338 g/mol. The average Bonchev–Trinajstić information content (AvgIpc) is 2.62. The lowest BCUT2D eigenvalue weighted by molar-refractivity contribution is -0.679. The molecule has 5 nitrogen and oxygen atoms in total. The normalized spacial score (nSPS) is 10.7. The number of rotatable bonds is 4. The molecule has 0 radical (unpaired) electrons. The fourth-order valence-corrected chi connectivity index (χ4v) is 3.16. The fourth-order valence-electron chi connectivity index (χ4n) is 2.70. The highest BCUT2D eigenvalue weighted by Crippen LogP contribution is 2.27. The zero-order valence-corrected chi connectivity index (χ0v) is 14.0. The Hall–Kier alpha value is -2.78. The van der Waals surface area contributed by atoms with Gasteiger partial charge in [-0.1, -0.05) is 18.2 Å². The highest BCUT2D eigenvalue weighted by molar-refractivity contribution is 7.98. The number of nitrogens with zero attached hydrogens (tertiary/aromatic N) is 3. The van der Waals surface area contributed by atoms with Crippen LogP contribution in [0.1, 0.15) is 6.42 Å². The number of thioether (sulfide) groups is 1. The lowest BCUT2D eigenvalue weighted by Gasteiger charge is -2.09. The molecule has 0 aliphatic carbocycles. The van der Waals surface area contributed by atoms with Crippen molar-refractivity contribution < 1.29 is 9.67 Å². The van der Waals surface area contributed by atoms with E-state index < -0.39 is 0 Å². The number of benzene rings is 1. The molecule has 1 N–H and O–H groups in total. The summed E-state index contributed by atoms with van der Waals surface area (Å²) in [6, 6.07) is 14.9. The zero-order chi connectivity index (χ0) is 17.1. The molecular weight excluding hydrogens is 322 g/mol. The highest BCUT2D eigenvalue weighted by atomic mass is 32.2. The number of pyridine rings is 1. The molecule has 2 aromatic heterocycles. The molecule has 0 spiro atoms. The van der Waals surface area contributed by atoms with Gasteiger partial charge in [0.05, 0.1) is 18.7 Å². The smallest absolute Gasteiger partial charge is 0.354 e. The van der Waals surface area contributed by atoms with Gasteiger partial charge in [0.15, 0.2) is 5.56 Å². The van der Waals surface area contributed by atoms with Crippen LogP contribution < -0.4 is 10.1 Å². The van der Waals surface area contributed by atoms with E-state index in [-0.39, 0.29) is 23.4 Å². The first-order chi connectivity index (χ1) is 11.7. The van der Waals surface area contributed by atoms with E-state index in [1.54, 1.807) is 46.8 Å². The molecule has 0 aliphatic heterocycles. The topological polar surface area (TPSA) is 69.4 Å². The SMILES string of the molecule is CSc1cccc(-c2c(O)[n+](CCC#N)c3ccccn3c2=O)c1. The van der Waals surface area contributed by atoms with Crippen molar-refractivity contribution in [3.8, 4) is 23.1 Å². The Morgan fingerprint density at radius 3 is 2.88 bits per heavy atom. The maximum Gasteiger partial charge on any atom is 0.354 e. The summed E-state index contributed by atoms with van der Waals surface area (Å²) >= 11 is 1.57. The van der Waals surface area contributed by atoms with Crippen LogP contribution in [0.4, 0.5) is 0 Å². The van der Waals surface area contributed by atoms with Gasteiger partial charge in [-0.3, -0.25) is 0 Å². The second-order valence-corrected chi connectivity index (χ2v) is 6.10. The maximum absolute atomic E-state index is 12.9. The van der Waals surface area contributed by atoms with Crippen LogP contribution in [0.25, 0.3) is 16.8 Å². The third-order valence-electron chi connectivity index (χ3n) is 3.83. The molecule has 6 heteroatoms. The Morgan fingerprint density at radius 2 is 2.12 bits per heavy atom. The first-order valence-corrected chi connectivity index (χ1v) is 8.67. The van der Waals surface area contributed by atoms with Crippen molar-refractivity contribution in [2.24, 2.45) is 0 Å². The molecule has 3 rings (SSSR count). The van der Waals surface area contributed by atoms with Crippen LogP contribution in [0, 0.1) is 11.3 Å². The summed E-state index contributed by atoms with van der Waals surface area (Å²) in [6.07, 6.45) is 3.87. The maximum atomic E-state index is 12.9. The van der Waals surface area contributed by atoms with Crippen molar-refractivity contribution in [3.63, 3.8) is 0 Å². The van der Waals surface area contributed by atoms with Crippen LogP contribution in [0.5, 0.6) is 5.88 Å². The summed E-state index contributed by atoms with van der Waals surface area (Å²) in [5.41, 5.74) is 1.18. The third-order valence-corrected chi connectivity index (χ3v) is 4.56. The van der Waals surface area contributed by atoms with Crippen molar-refractivity contribution >= 4 is 17.4 Å². The predicted molar refractivity (Wildman–Crippen MR) is 93.0 cm³/mol. The molecule has 0 bridgehead atoms. The quantitative estimate of drug-likeness (QED) is 0.586. The van der Waals surface area contributed by atoms with E-state index in [2.05, 4.69) is 6.07 Å². The molecule has 24 heavy (non-hydrogen) atoms. The number of hydrogen-bond acceptors (Lipinski definition) is 4. The molecule has 1 aromatic carbocycles. The van der Waals surface area contributed by atoms with Gasteiger partial charge in [0.1, 0.15) is 6.54 Å². The first kappa shape index (κ1) is 16.1. The molecular formula is C18H16N3O2S+. The Kier molecular flexibility index (Phi) is 4.54.